The van der Waals surface area contributed by atoms with Gasteiger partial charge in [-0.1, -0.05) is 0 Å². The fourth-order valence-corrected chi connectivity index (χ4v) is 1.09. The Labute approximate surface area is 85.4 Å². The third-order valence-corrected chi connectivity index (χ3v) is 1.83. The topological polar surface area (TPSA) is 63.3 Å². The standard InChI is InChI=1S/C7H4F4N4O/c1-2-3(8)4(16)15-6(12-2)13-5(14-15)7(9,10)11/h16H,1H3. The number of aryl methyl sites for hydroxylation is 1. The summed E-state index contributed by atoms with van der Waals surface area (Å²) >= 11 is 0. The summed E-state index contributed by atoms with van der Waals surface area (Å²) in [6, 6.07) is 0. The molecule has 0 unspecified atom stereocenters. The molecule has 0 aliphatic rings. The molecule has 2 aromatic heterocycles. The Bertz CT molecular complexity index is 561. The summed E-state index contributed by atoms with van der Waals surface area (Å²) in [5.74, 6) is -4.18. The number of fused-ring (bicyclic) bond motifs is 1. The van der Waals surface area contributed by atoms with Gasteiger partial charge in [-0.05, 0) is 6.92 Å². The molecule has 0 radical (unpaired) electrons. The summed E-state index contributed by atoms with van der Waals surface area (Å²) in [6.45, 7) is 1.19. The molecule has 0 saturated heterocycles. The van der Waals surface area contributed by atoms with Crippen LogP contribution in [0.2, 0.25) is 0 Å². The smallest absolute Gasteiger partial charge is 0.453 e. The van der Waals surface area contributed by atoms with Gasteiger partial charge in [-0.15, -0.1) is 5.10 Å². The predicted octanol–water partition coefficient (Wildman–Crippen LogP) is 1.30. The van der Waals surface area contributed by atoms with Crippen LogP contribution in [0.5, 0.6) is 5.88 Å². The normalized spacial score (nSPS) is 12.3. The quantitative estimate of drug-likeness (QED) is 0.700. The first kappa shape index (κ1) is 10.6. The Morgan fingerprint density at radius 1 is 1.25 bits per heavy atom. The van der Waals surface area contributed by atoms with Gasteiger partial charge in [0.25, 0.3) is 17.5 Å². The summed E-state index contributed by atoms with van der Waals surface area (Å²) in [5, 5.41) is 12.1. The van der Waals surface area contributed by atoms with Crippen LogP contribution in [-0.2, 0) is 6.18 Å². The van der Waals surface area contributed by atoms with Gasteiger partial charge in [-0.25, -0.2) is 4.98 Å². The molecule has 2 aromatic rings. The highest BCUT2D eigenvalue weighted by atomic mass is 19.4. The van der Waals surface area contributed by atoms with Gasteiger partial charge in [-0.3, -0.25) is 0 Å². The van der Waals surface area contributed by atoms with Gasteiger partial charge in [0.15, 0.2) is 0 Å². The fraction of sp³-hybridized carbons (Fsp3) is 0.286. The molecule has 0 aliphatic carbocycles. The van der Waals surface area contributed by atoms with Crippen LogP contribution >= 0.6 is 0 Å². The maximum absolute atomic E-state index is 13.1. The number of halogens is 4. The first-order chi connectivity index (χ1) is 7.30. The van der Waals surface area contributed by atoms with Crippen molar-refractivity contribution in [3.63, 3.8) is 0 Å². The van der Waals surface area contributed by atoms with Crippen molar-refractivity contribution < 1.29 is 22.7 Å². The van der Waals surface area contributed by atoms with E-state index in [0.29, 0.717) is 4.52 Å². The van der Waals surface area contributed by atoms with Crippen molar-refractivity contribution in [2.75, 3.05) is 0 Å². The van der Waals surface area contributed by atoms with Gasteiger partial charge in [0.1, 0.15) is 0 Å². The van der Waals surface area contributed by atoms with E-state index in [1.54, 1.807) is 0 Å². The predicted molar refractivity (Wildman–Crippen MR) is 42.1 cm³/mol. The summed E-state index contributed by atoms with van der Waals surface area (Å²) in [7, 11) is 0. The number of hydrogen-bond donors (Lipinski definition) is 1. The average Bonchev–Trinajstić information content (AvgIpc) is 2.57. The molecule has 9 heteroatoms. The molecule has 5 nitrogen and oxygen atoms in total. The van der Waals surface area contributed by atoms with Crippen molar-refractivity contribution in [1.29, 1.82) is 0 Å². The highest BCUT2D eigenvalue weighted by Crippen LogP contribution is 2.27. The maximum atomic E-state index is 13.1. The van der Waals surface area contributed by atoms with Crippen LogP contribution in [0.3, 0.4) is 0 Å². The molecule has 0 spiro atoms. The zero-order valence-electron chi connectivity index (χ0n) is 7.75. The van der Waals surface area contributed by atoms with Gasteiger partial charge in [-0.2, -0.15) is 27.1 Å². The molecule has 2 heterocycles. The lowest BCUT2D eigenvalue weighted by molar-refractivity contribution is -0.144. The van der Waals surface area contributed by atoms with Crippen molar-refractivity contribution in [3.8, 4) is 5.88 Å². The van der Waals surface area contributed by atoms with Crippen LogP contribution in [0.15, 0.2) is 0 Å². The number of hydrogen-bond acceptors (Lipinski definition) is 4. The molecule has 0 amide bonds. The van der Waals surface area contributed by atoms with Crippen LogP contribution in [-0.4, -0.2) is 24.7 Å². The highest BCUT2D eigenvalue weighted by molar-refractivity contribution is 5.35. The molecule has 0 atom stereocenters. The first-order valence-electron chi connectivity index (χ1n) is 3.99. The molecule has 0 aliphatic heterocycles. The van der Waals surface area contributed by atoms with Gasteiger partial charge in [0, 0.05) is 0 Å². The van der Waals surface area contributed by atoms with E-state index in [-0.39, 0.29) is 5.69 Å². The van der Waals surface area contributed by atoms with E-state index < -0.39 is 29.5 Å². The number of rotatable bonds is 0. The van der Waals surface area contributed by atoms with E-state index in [0.717, 1.165) is 0 Å². The second-order valence-electron chi connectivity index (χ2n) is 2.98. The monoisotopic (exact) mass is 236 g/mol. The van der Waals surface area contributed by atoms with Gasteiger partial charge >= 0.3 is 6.18 Å². The maximum Gasteiger partial charge on any atom is 0.453 e. The van der Waals surface area contributed by atoms with Gasteiger partial charge in [0.05, 0.1) is 5.69 Å². The molecule has 16 heavy (non-hydrogen) atoms. The van der Waals surface area contributed by atoms with Crippen molar-refractivity contribution in [3.05, 3.63) is 17.3 Å². The zero-order chi connectivity index (χ0) is 12.1. The molecule has 0 bridgehead atoms. The molecule has 0 fully saturated rings. The summed E-state index contributed by atoms with van der Waals surface area (Å²) in [6.07, 6.45) is -4.77. The SMILES string of the molecule is Cc1nc2nc(C(F)(F)F)nn2c(O)c1F. The summed E-state index contributed by atoms with van der Waals surface area (Å²) in [4.78, 5) is 6.46. The molecule has 0 saturated carbocycles. The lowest BCUT2D eigenvalue weighted by atomic mass is 10.4. The number of aromatic nitrogens is 4. The van der Waals surface area contributed by atoms with Crippen molar-refractivity contribution in [2.24, 2.45) is 0 Å². The third kappa shape index (κ3) is 1.44. The number of alkyl halides is 3. The van der Waals surface area contributed by atoms with Crippen LogP contribution in [0.4, 0.5) is 17.6 Å². The third-order valence-electron chi connectivity index (χ3n) is 1.83. The van der Waals surface area contributed by atoms with E-state index in [4.69, 9.17) is 0 Å². The Balaban J connectivity index is 2.77. The second-order valence-corrected chi connectivity index (χ2v) is 2.98. The van der Waals surface area contributed by atoms with Crippen LogP contribution in [0.25, 0.3) is 5.78 Å². The lowest BCUT2D eigenvalue weighted by Gasteiger charge is -1.99. The molecule has 2 rings (SSSR count). The van der Waals surface area contributed by atoms with E-state index in [1.165, 1.54) is 6.92 Å². The number of nitrogens with zero attached hydrogens (tertiary/aromatic N) is 4. The van der Waals surface area contributed by atoms with E-state index in [1.807, 2.05) is 0 Å². The Hall–Kier alpha value is -1.93. The molecule has 86 valence electrons. The fourth-order valence-electron chi connectivity index (χ4n) is 1.09. The largest absolute Gasteiger partial charge is 0.491 e. The van der Waals surface area contributed by atoms with Gasteiger partial charge in [0.2, 0.25) is 5.82 Å². The minimum atomic E-state index is -4.77. The Morgan fingerprint density at radius 2 is 1.88 bits per heavy atom. The minimum absolute atomic E-state index is 0.258. The molecule has 1 N–H and O–H groups in total. The van der Waals surface area contributed by atoms with E-state index in [2.05, 4.69) is 15.1 Å². The number of aromatic hydroxyl groups is 1. The lowest BCUT2D eigenvalue weighted by Crippen LogP contribution is -2.07. The van der Waals surface area contributed by atoms with E-state index in [9.17, 15) is 22.7 Å². The second kappa shape index (κ2) is 3.03. The van der Waals surface area contributed by atoms with Crippen LogP contribution < -0.4 is 0 Å². The zero-order valence-corrected chi connectivity index (χ0v) is 7.75. The average molecular weight is 236 g/mol. The Kier molecular flexibility index (Phi) is 2.00. The molecular formula is C7H4F4N4O. The van der Waals surface area contributed by atoms with Crippen LogP contribution in [0, 0.1) is 12.7 Å². The summed E-state index contributed by atoms with van der Waals surface area (Å²) < 4.78 is 50.0. The first-order valence-corrected chi connectivity index (χ1v) is 3.99. The van der Waals surface area contributed by atoms with Crippen LogP contribution in [0.1, 0.15) is 11.5 Å². The van der Waals surface area contributed by atoms with E-state index >= 15 is 0 Å². The molecule has 0 aromatic carbocycles. The van der Waals surface area contributed by atoms with Crippen molar-refractivity contribution in [1.82, 2.24) is 19.6 Å². The molecular weight excluding hydrogens is 232 g/mol. The van der Waals surface area contributed by atoms with Crippen molar-refractivity contribution >= 4 is 5.78 Å². The Morgan fingerprint density at radius 3 is 2.44 bits per heavy atom. The highest BCUT2D eigenvalue weighted by Gasteiger charge is 2.37. The minimum Gasteiger partial charge on any atom is -0.491 e. The van der Waals surface area contributed by atoms with Gasteiger partial charge < -0.3 is 5.11 Å². The summed E-state index contributed by atoms with van der Waals surface area (Å²) in [5.41, 5.74) is -0.258. The van der Waals surface area contributed by atoms with Crippen molar-refractivity contribution in [2.45, 2.75) is 13.1 Å².